The zero-order chi connectivity index (χ0) is 13.5. The van der Waals surface area contributed by atoms with Crippen molar-refractivity contribution in [3.8, 4) is 5.75 Å². The Morgan fingerprint density at radius 3 is 2.74 bits per heavy atom. The second kappa shape index (κ2) is 4.52. The van der Waals surface area contributed by atoms with E-state index in [4.69, 9.17) is 4.74 Å². The Hall–Kier alpha value is -1.02. The predicted molar refractivity (Wildman–Crippen MR) is 78.5 cm³/mol. The largest absolute Gasteiger partial charge is 0.487 e. The first kappa shape index (κ1) is 13.0. The lowest BCUT2D eigenvalue weighted by atomic mass is 9.89. The molecule has 1 unspecified atom stereocenters. The summed E-state index contributed by atoms with van der Waals surface area (Å²) in [6.07, 6.45) is 4.69. The average Bonchev–Trinajstić information content (AvgIpc) is 2.64. The van der Waals surface area contributed by atoms with Crippen LogP contribution < -0.4 is 10.1 Å². The number of ether oxygens (including phenoxy) is 1. The fourth-order valence-corrected chi connectivity index (χ4v) is 3.72. The van der Waals surface area contributed by atoms with Crippen LogP contribution in [0, 0.1) is 5.41 Å². The molecule has 0 bridgehead atoms. The molecule has 19 heavy (non-hydrogen) atoms. The first-order valence-corrected chi connectivity index (χ1v) is 7.48. The van der Waals surface area contributed by atoms with Crippen molar-refractivity contribution in [2.24, 2.45) is 5.41 Å². The number of nitrogens with one attached hydrogen (secondary N) is 1. The molecule has 1 aromatic rings. The van der Waals surface area contributed by atoms with Crippen LogP contribution in [0.25, 0.3) is 0 Å². The van der Waals surface area contributed by atoms with Crippen molar-refractivity contribution in [1.82, 2.24) is 5.32 Å². The third-order valence-electron chi connectivity index (χ3n) is 4.64. The second-order valence-electron chi connectivity index (χ2n) is 7.21. The molecule has 0 amide bonds. The lowest BCUT2D eigenvalue weighted by Gasteiger charge is -2.30. The first-order valence-electron chi connectivity index (χ1n) is 7.48. The van der Waals surface area contributed by atoms with Gasteiger partial charge in [0, 0.05) is 12.1 Å². The van der Waals surface area contributed by atoms with Crippen molar-refractivity contribution in [3.05, 3.63) is 29.3 Å². The Balaban J connectivity index is 1.84. The van der Waals surface area contributed by atoms with E-state index in [0.717, 1.165) is 38.1 Å². The van der Waals surface area contributed by atoms with Crippen LogP contribution in [-0.2, 0) is 13.0 Å². The molecule has 0 spiro atoms. The van der Waals surface area contributed by atoms with Crippen LogP contribution in [0.3, 0.4) is 0 Å². The lowest BCUT2D eigenvalue weighted by molar-refractivity contribution is 0.0831. The van der Waals surface area contributed by atoms with Crippen LogP contribution in [0.1, 0.15) is 51.2 Å². The topological polar surface area (TPSA) is 21.3 Å². The smallest absolute Gasteiger partial charge is 0.124 e. The third-order valence-corrected chi connectivity index (χ3v) is 4.64. The minimum absolute atomic E-state index is 0.00999. The van der Waals surface area contributed by atoms with E-state index in [2.05, 4.69) is 44.3 Å². The molecule has 1 aliphatic heterocycles. The molecule has 1 aromatic carbocycles. The Morgan fingerprint density at radius 2 is 2.00 bits per heavy atom. The van der Waals surface area contributed by atoms with Crippen molar-refractivity contribution >= 4 is 0 Å². The highest BCUT2D eigenvalue weighted by atomic mass is 16.5. The van der Waals surface area contributed by atoms with Crippen LogP contribution in [0.5, 0.6) is 5.75 Å². The molecule has 2 heteroatoms. The van der Waals surface area contributed by atoms with Gasteiger partial charge < -0.3 is 10.1 Å². The van der Waals surface area contributed by atoms with E-state index in [1.165, 1.54) is 17.5 Å². The Morgan fingerprint density at radius 1 is 1.16 bits per heavy atom. The molecule has 104 valence electrons. The summed E-state index contributed by atoms with van der Waals surface area (Å²) in [6.45, 7) is 9.01. The molecule has 3 rings (SSSR count). The number of fused-ring (bicyclic) bond motifs is 1. The van der Waals surface area contributed by atoms with Crippen LogP contribution >= 0.6 is 0 Å². The van der Waals surface area contributed by atoms with Gasteiger partial charge in [0.15, 0.2) is 0 Å². The number of hydrogen-bond acceptors (Lipinski definition) is 2. The summed E-state index contributed by atoms with van der Waals surface area (Å²) in [5.74, 6) is 1.10. The maximum absolute atomic E-state index is 6.46. The molecule has 1 saturated carbocycles. The van der Waals surface area contributed by atoms with E-state index in [0.29, 0.717) is 5.41 Å². The van der Waals surface area contributed by atoms with Gasteiger partial charge >= 0.3 is 0 Å². The molecule has 1 fully saturated rings. The summed E-state index contributed by atoms with van der Waals surface area (Å²) in [5.41, 5.74) is 3.26. The van der Waals surface area contributed by atoms with E-state index in [1.807, 2.05) is 0 Å². The molecule has 1 aliphatic carbocycles. The number of benzene rings is 1. The van der Waals surface area contributed by atoms with Crippen LogP contribution in [0.4, 0.5) is 0 Å². The molecule has 1 N–H and O–H groups in total. The highest BCUT2D eigenvalue weighted by Gasteiger charge is 2.41. The van der Waals surface area contributed by atoms with Crippen LogP contribution in [0.2, 0.25) is 0 Å². The molecule has 1 heterocycles. The quantitative estimate of drug-likeness (QED) is 0.875. The van der Waals surface area contributed by atoms with Crippen molar-refractivity contribution in [2.75, 3.05) is 6.54 Å². The standard InChI is InChI=1S/C17H25NO/c1-16(2)8-9-17(3,12-16)19-15-6-4-5-13-7-10-18-11-14(13)15/h4-6,18H,7-12H2,1-3H3. The molecule has 1 atom stereocenters. The van der Waals surface area contributed by atoms with E-state index < -0.39 is 0 Å². The van der Waals surface area contributed by atoms with Gasteiger partial charge in [0.25, 0.3) is 0 Å². The molecule has 0 aromatic heterocycles. The van der Waals surface area contributed by atoms with Crippen molar-refractivity contribution in [3.63, 3.8) is 0 Å². The number of hydrogen-bond donors (Lipinski definition) is 1. The Kier molecular flexibility index (Phi) is 3.09. The molecule has 0 radical (unpaired) electrons. The highest BCUT2D eigenvalue weighted by Crippen LogP contribution is 2.46. The van der Waals surface area contributed by atoms with Gasteiger partial charge in [0.2, 0.25) is 0 Å². The van der Waals surface area contributed by atoms with Gasteiger partial charge in [-0.1, -0.05) is 26.0 Å². The van der Waals surface area contributed by atoms with Gasteiger partial charge in [-0.3, -0.25) is 0 Å². The van der Waals surface area contributed by atoms with Gasteiger partial charge in [-0.15, -0.1) is 0 Å². The summed E-state index contributed by atoms with van der Waals surface area (Å²) >= 11 is 0. The minimum Gasteiger partial charge on any atom is -0.487 e. The van der Waals surface area contributed by atoms with Crippen LogP contribution in [-0.4, -0.2) is 12.1 Å². The maximum atomic E-state index is 6.46. The molecule has 0 saturated heterocycles. The zero-order valence-electron chi connectivity index (χ0n) is 12.4. The minimum atomic E-state index is 0.00999. The van der Waals surface area contributed by atoms with Gasteiger partial charge in [0.05, 0.1) is 0 Å². The fourth-order valence-electron chi connectivity index (χ4n) is 3.72. The summed E-state index contributed by atoms with van der Waals surface area (Å²) in [4.78, 5) is 0. The normalized spacial score (nSPS) is 29.0. The summed E-state index contributed by atoms with van der Waals surface area (Å²) in [6, 6.07) is 6.52. The Bertz CT molecular complexity index is 480. The van der Waals surface area contributed by atoms with E-state index >= 15 is 0 Å². The monoisotopic (exact) mass is 259 g/mol. The number of rotatable bonds is 2. The van der Waals surface area contributed by atoms with E-state index in [1.54, 1.807) is 0 Å². The SMILES string of the molecule is CC1(C)CCC(C)(Oc2cccc3c2CNCC3)C1. The summed E-state index contributed by atoms with van der Waals surface area (Å²) in [7, 11) is 0. The van der Waals surface area contributed by atoms with Gasteiger partial charge in [-0.05, 0) is 56.2 Å². The second-order valence-corrected chi connectivity index (χ2v) is 7.21. The first-order chi connectivity index (χ1) is 8.98. The Labute approximate surface area is 116 Å². The highest BCUT2D eigenvalue weighted by molar-refractivity contribution is 5.42. The fraction of sp³-hybridized carbons (Fsp3) is 0.647. The average molecular weight is 259 g/mol. The van der Waals surface area contributed by atoms with E-state index in [9.17, 15) is 0 Å². The molecule has 2 nitrogen and oxygen atoms in total. The van der Waals surface area contributed by atoms with Crippen molar-refractivity contribution in [2.45, 2.75) is 58.6 Å². The third kappa shape index (κ3) is 2.64. The van der Waals surface area contributed by atoms with E-state index in [-0.39, 0.29) is 5.60 Å². The summed E-state index contributed by atoms with van der Waals surface area (Å²) < 4.78 is 6.46. The lowest BCUT2D eigenvalue weighted by Crippen LogP contribution is -2.32. The molecular weight excluding hydrogens is 234 g/mol. The molecule has 2 aliphatic rings. The van der Waals surface area contributed by atoms with Gasteiger partial charge in [-0.2, -0.15) is 0 Å². The zero-order valence-corrected chi connectivity index (χ0v) is 12.4. The van der Waals surface area contributed by atoms with Crippen molar-refractivity contribution < 1.29 is 4.74 Å². The van der Waals surface area contributed by atoms with Crippen molar-refractivity contribution in [1.29, 1.82) is 0 Å². The van der Waals surface area contributed by atoms with Gasteiger partial charge in [-0.25, -0.2) is 0 Å². The van der Waals surface area contributed by atoms with Gasteiger partial charge in [0.1, 0.15) is 11.4 Å². The maximum Gasteiger partial charge on any atom is 0.124 e. The van der Waals surface area contributed by atoms with Crippen LogP contribution in [0.15, 0.2) is 18.2 Å². The predicted octanol–water partition coefficient (Wildman–Crippen LogP) is 3.68. The summed E-state index contributed by atoms with van der Waals surface area (Å²) in [5, 5.41) is 3.46. The molecular formula is C17H25NO.